The van der Waals surface area contributed by atoms with E-state index in [4.69, 9.17) is 9.26 Å². The van der Waals surface area contributed by atoms with Gasteiger partial charge in [-0.15, -0.1) is 0 Å². The zero-order chi connectivity index (χ0) is 18.5. The van der Waals surface area contributed by atoms with Gasteiger partial charge in [-0.05, 0) is 50.8 Å². The van der Waals surface area contributed by atoms with E-state index in [9.17, 15) is 4.79 Å². The number of carbonyl (C=O) groups excluding carboxylic acids is 1. The summed E-state index contributed by atoms with van der Waals surface area (Å²) in [6.07, 6.45) is 3.84. The topological polar surface area (TPSA) is 67.6 Å². The lowest BCUT2D eigenvalue weighted by molar-refractivity contribution is 0.0926. The van der Waals surface area contributed by atoms with Gasteiger partial charge in [0.25, 0.3) is 5.91 Å². The van der Waals surface area contributed by atoms with Gasteiger partial charge in [-0.3, -0.25) is 4.79 Å². The molecule has 1 fully saturated rings. The first-order valence-electron chi connectivity index (χ1n) is 9.20. The molecule has 1 aromatic heterocycles. The number of hydrogen-bond acceptors (Lipinski definition) is 5. The molecule has 0 radical (unpaired) electrons. The Morgan fingerprint density at radius 3 is 2.62 bits per heavy atom. The Hall–Kier alpha value is -2.34. The third kappa shape index (κ3) is 4.07. The van der Waals surface area contributed by atoms with Gasteiger partial charge in [0.2, 0.25) is 0 Å². The van der Waals surface area contributed by atoms with Gasteiger partial charge in [-0.2, -0.15) is 0 Å². The molecule has 3 rings (SSSR count). The van der Waals surface area contributed by atoms with Crippen molar-refractivity contribution in [2.75, 3.05) is 25.1 Å². The number of ether oxygens (including phenoxy) is 1. The largest absolute Gasteiger partial charge is 0.380 e. The minimum atomic E-state index is -0.249. The molecule has 0 spiro atoms. The predicted octanol–water partition coefficient (Wildman–Crippen LogP) is 3.61. The molecule has 0 unspecified atom stereocenters. The monoisotopic (exact) mass is 357 g/mol. The van der Waals surface area contributed by atoms with Crippen LogP contribution in [0.15, 0.2) is 28.8 Å². The second kappa shape index (κ2) is 8.36. The maximum atomic E-state index is 12.6. The van der Waals surface area contributed by atoms with Crippen molar-refractivity contribution in [3.8, 4) is 0 Å². The maximum absolute atomic E-state index is 12.6. The molecule has 1 saturated heterocycles. The van der Waals surface area contributed by atoms with Crippen LogP contribution in [0.5, 0.6) is 0 Å². The quantitative estimate of drug-likeness (QED) is 0.855. The van der Waals surface area contributed by atoms with E-state index in [2.05, 4.69) is 39.6 Å². The third-order valence-corrected chi connectivity index (χ3v) is 4.95. The van der Waals surface area contributed by atoms with Crippen molar-refractivity contribution in [3.63, 3.8) is 0 Å². The van der Waals surface area contributed by atoms with Crippen LogP contribution in [0.3, 0.4) is 0 Å². The van der Waals surface area contributed by atoms with Crippen molar-refractivity contribution >= 4 is 11.6 Å². The molecule has 140 valence electrons. The second-order valence-corrected chi connectivity index (χ2v) is 6.83. The number of benzene rings is 1. The first-order valence-corrected chi connectivity index (χ1v) is 9.20. The van der Waals surface area contributed by atoms with Crippen molar-refractivity contribution in [1.29, 1.82) is 0 Å². The van der Waals surface area contributed by atoms with E-state index in [0.717, 1.165) is 18.7 Å². The van der Waals surface area contributed by atoms with Crippen LogP contribution in [0.1, 0.15) is 59.6 Å². The van der Waals surface area contributed by atoms with Gasteiger partial charge in [-0.25, -0.2) is 0 Å². The normalized spacial score (nSPS) is 15.7. The summed E-state index contributed by atoms with van der Waals surface area (Å²) in [5.74, 6) is 0.358. The lowest BCUT2D eigenvalue weighted by Crippen LogP contribution is -2.29. The molecule has 2 aromatic rings. The summed E-state index contributed by atoms with van der Waals surface area (Å²) in [6, 6.07) is 8.32. The number of carbonyl (C=O) groups is 1. The Balaban J connectivity index is 1.66. The zero-order valence-corrected chi connectivity index (χ0v) is 15.7. The summed E-state index contributed by atoms with van der Waals surface area (Å²) < 4.78 is 10.3. The van der Waals surface area contributed by atoms with Crippen LogP contribution in [-0.4, -0.2) is 31.3 Å². The number of rotatable bonds is 6. The molecule has 1 N–H and O–H groups in total. The van der Waals surface area contributed by atoms with Crippen LogP contribution in [0.25, 0.3) is 0 Å². The number of methoxy groups -OCH3 is 1. The molecule has 6 heteroatoms. The first kappa shape index (κ1) is 18.5. The molecular formula is C20H27N3O3. The van der Waals surface area contributed by atoms with Crippen LogP contribution in [-0.2, 0) is 11.3 Å². The minimum absolute atomic E-state index is 0.120. The lowest BCUT2D eigenvalue weighted by atomic mass is 10.1. The molecule has 1 atom stereocenters. The number of aromatic nitrogens is 1. The van der Waals surface area contributed by atoms with Crippen LogP contribution in [0.4, 0.5) is 5.69 Å². The summed E-state index contributed by atoms with van der Waals surface area (Å²) in [5, 5.41) is 6.88. The molecule has 1 aliphatic heterocycles. The van der Waals surface area contributed by atoms with Crippen molar-refractivity contribution in [3.05, 3.63) is 46.8 Å². The molecule has 6 nitrogen and oxygen atoms in total. The summed E-state index contributed by atoms with van der Waals surface area (Å²) >= 11 is 0. The SMILES string of the molecule is COCc1c(C(=O)N[C@H](C)c2ccc(N3CCCCC3)cc2)noc1C. The Morgan fingerprint density at radius 2 is 1.96 bits per heavy atom. The summed E-state index contributed by atoms with van der Waals surface area (Å²) in [6.45, 7) is 6.30. The fourth-order valence-electron chi connectivity index (χ4n) is 3.36. The van der Waals surface area contributed by atoms with E-state index in [-0.39, 0.29) is 11.9 Å². The number of hydrogen-bond donors (Lipinski definition) is 1. The van der Waals surface area contributed by atoms with Crippen molar-refractivity contribution in [2.24, 2.45) is 0 Å². The van der Waals surface area contributed by atoms with Gasteiger partial charge in [0.15, 0.2) is 5.69 Å². The highest BCUT2D eigenvalue weighted by molar-refractivity contribution is 5.94. The second-order valence-electron chi connectivity index (χ2n) is 6.83. The van der Waals surface area contributed by atoms with Gasteiger partial charge in [0.1, 0.15) is 5.76 Å². The first-order chi connectivity index (χ1) is 12.6. The number of anilines is 1. The Morgan fingerprint density at radius 1 is 1.27 bits per heavy atom. The van der Waals surface area contributed by atoms with Gasteiger partial charge < -0.3 is 19.5 Å². The van der Waals surface area contributed by atoms with Crippen LogP contribution in [0.2, 0.25) is 0 Å². The van der Waals surface area contributed by atoms with E-state index < -0.39 is 0 Å². The lowest BCUT2D eigenvalue weighted by Gasteiger charge is -2.29. The third-order valence-electron chi connectivity index (χ3n) is 4.95. The zero-order valence-electron chi connectivity index (χ0n) is 15.7. The number of nitrogens with one attached hydrogen (secondary N) is 1. The predicted molar refractivity (Wildman–Crippen MR) is 100 cm³/mol. The highest BCUT2D eigenvalue weighted by atomic mass is 16.5. The molecule has 1 amide bonds. The molecule has 2 heterocycles. The van der Waals surface area contributed by atoms with E-state index >= 15 is 0 Å². The highest BCUT2D eigenvalue weighted by Crippen LogP contribution is 2.23. The van der Waals surface area contributed by atoms with Gasteiger partial charge in [0.05, 0.1) is 18.2 Å². The van der Waals surface area contributed by atoms with Crippen molar-refractivity contribution in [1.82, 2.24) is 10.5 Å². The highest BCUT2D eigenvalue weighted by Gasteiger charge is 2.21. The van der Waals surface area contributed by atoms with Gasteiger partial charge in [-0.1, -0.05) is 17.3 Å². The molecule has 1 aliphatic rings. The van der Waals surface area contributed by atoms with Gasteiger partial charge >= 0.3 is 0 Å². The molecule has 0 bridgehead atoms. The van der Waals surface area contributed by atoms with Crippen molar-refractivity contribution in [2.45, 2.75) is 45.8 Å². The average molecular weight is 357 g/mol. The standard InChI is InChI=1S/C20H27N3O3/c1-14(21-20(24)19-18(13-25-3)15(2)26-22-19)16-7-9-17(10-8-16)23-11-5-4-6-12-23/h7-10,14H,4-6,11-13H2,1-3H3,(H,21,24)/t14-/m1/s1. The maximum Gasteiger partial charge on any atom is 0.274 e. The molecule has 26 heavy (non-hydrogen) atoms. The molecule has 0 aliphatic carbocycles. The van der Waals surface area contributed by atoms with Crippen LogP contribution in [0, 0.1) is 6.92 Å². The Kier molecular flexibility index (Phi) is 5.93. The Labute approximate surface area is 154 Å². The van der Waals surface area contributed by atoms with Gasteiger partial charge in [0, 0.05) is 25.9 Å². The summed E-state index contributed by atoms with van der Waals surface area (Å²) in [5.41, 5.74) is 3.30. The summed E-state index contributed by atoms with van der Waals surface area (Å²) in [7, 11) is 1.58. The smallest absolute Gasteiger partial charge is 0.274 e. The molecular weight excluding hydrogens is 330 g/mol. The fraction of sp³-hybridized carbons (Fsp3) is 0.500. The molecule has 1 aromatic carbocycles. The van der Waals surface area contributed by atoms with Crippen molar-refractivity contribution < 1.29 is 14.1 Å². The van der Waals surface area contributed by atoms with Crippen LogP contribution >= 0.6 is 0 Å². The number of piperidine rings is 1. The number of nitrogens with zero attached hydrogens (tertiary/aromatic N) is 2. The Bertz CT molecular complexity index is 733. The fourth-order valence-corrected chi connectivity index (χ4v) is 3.36. The minimum Gasteiger partial charge on any atom is -0.380 e. The van der Waals surface area contributed by atoms with E-state index in [1.807, 2.05) is 6.92 Å². The van der Waals surface area contributed by atoms with Crippen LogP contribution < -0.4 is 10.2 Å². The average Bonchev–Trinajstić information content (AvgIpc) is 3.03. The van der Waals surface area contributed by atoms with E-state index in [1.165, 1.54) is 24.9 Å². The summed E-state index contributed by atoms with van der Waals surface area (Å²) in [4.78, 5) is 15.0. The number of aryl methyl sites for hydroxylation is 1. The van der Waals surface area contributed by atoms with E-state index in [1.54, 1.807) is 14.0 Å². The van der Waals surface area contributed by atoms with E-state index in [0.29, 0.717) is 23.6 Å². The number of amides is 1. The molecule has 0 saturated carbocycles.